The zero-order chi connectivity index (χ0) is 15.2. The molecular weight excluding hydrogens is 276 g/mol. The van der Waals surface area contributed by atoms with Crippen molar-refractivity contribution in [2.45, 2.75) is 6.42 Å². The molecule has 0 aliphatic heterocycles. The molecule has 0 aliphatic rings. The van der Waals surface area contributed by atoms with E-state index in [1.54, 1.807) is 6.20 Å². The van der Waals surface area contributed by atoms with Crippen molar-refractivity contribution in [3.05, 3.63) is 66.1 Å². The third-order valence-electron chi connectivity index (χ3n) is 3.15. The van der Waals surface area contributed by atoms with E-state index in [2.05, 4.69) is 21.4 Å². The molecule has 0 spiro atoms. The Bertz CT molecular complexity index is 775. The number of nitrogens with one attached hydrogen (secondary N) is 1. The van der Waals surface area contributed by atoms with Gasteiger partial charge in [-0.2, -0.15) is 10.2 Å². The number of hydrogen-bond acceptors (Lipinski definition) is 5. The summed E-state index contributed by atoms with van der Waals surface area (Å²) in [7, 11) is 0. The average Bonchev–Trinajstić information content (AvgIpc) is 3.00. The first-order valence-corrected chi connectivity index (χ1v) is 6.97. The molecule has 3 rings (SSSR count). The number of hydrogen-bond donors (Lipinski definition) is 1. The predicted molar refractivity (Wildman–Crippen MR) is 83.1 cm³/mol. The molecule has 3 aromatic rings. The van der Waals surface area contributed by atoms with Crippen molar-refractivity contribution < 1.29 is 4.42 Å². The van der Waals surface area contributed by atoms with Crippen LogP contribution in [0.25, 0.3) is 11.5 Å². The van der Waals surface area contributed by atoms with Crippen LogP contribution in [0.2, 0.25) is 0 Å². The third-order valence-corrected chi connectivity index (χ3v) is 3.15. The van der Waals surface area contributed by atoms with Gasteiger partial charge in [0, 0.05) is 30.4 Å². The number of anilines is 1. The molecule has 0 radical (unpaired) electrons. The molecule has 5 heteroatoms. The minimum atomic E-state index is 0.264. The van der Waals surface area contributed by atoms with Gasteiger partial charge in [-0.05, 0) is 24.3 Å². The van der Waals surface area contributed by atoms with Crippen LogP contribution in [-0.4, -0.2) is 16.5 Å². The van der Waals surface area contributed by atoms with E-state index >= 15 is 0 Å². The quantitative estimate of drug-likeness (QED) is 0.780. The highest BCUT2D eigenvalue weighted by molar-refractivity contribution is 5.58. The molecule has 1 aromatic carbocycles. The Morgan fingerprint density at radius 3 is 2.64 bits per heavy atom. The first-order valence-electron chi connectivity index (χ1n) is 6.97. The van der Waals surface area contributed by atoms with E-state index < -0.39 is 0 Å². The molecule has 22 heavy (non-hydrogen) atoms. The van der Waals surface area contributed by atoms with Crippen molar-refractivity contribution in [1.82, 2.24) is 9.97 Å². The molecule has 0 bridgehead atoms. The predicted octanol–water partition coefficient (Wildman–Crippen LogP) is 3.26. The van der Waals surface area contributed by atoms with Crippen LogP contribution >= 0.6 is 0 Å². The van der Waals surface area contributed by atoms with Gasteiger partial charge in [-0.25, -0.2) is 0 Å². The number of rotatable bonds is 5. The Balaban J connectivity index is 1.71. The molecule has 1 N–H and O–H groups in total. The fourth-order valence-corrected chi connectivity index (χ4v) is 2.07. The number of nitrogens with zero attached hydrogens (tertiary/aromatic N) is 3. The lowest BCUT2D eigenvalue weighted by molar-refractivity contribution is 0.585. The lowest BCUT2D eigenvalue weighted by Crippen LogP contribution is -2.06. The van der Waals surface area contributed by atoms with E-state index in [-0.39, 0.29) is 5.69 Å². The third kappa shape index (κ3) is 3.13. The first kappa shape index (κ1) is 13.8. The zero-order valence-corrected chi connectivity index (χ0v) is 11.9. The van der Waals surface area contributed by atoms with Crippen molar-refractivity contribution >= 4 is 5.88 Å². The summed E-state index contributed by atoms with van der Waals surface area (Å²) in [5.74, 6) is 0.842. The molecule has 0 fully saturated rings. The Morgan fingerprint density at radius 2 is 1.91 bits per heavy atom. The van der Waals surface area contributed by atoms with Gasteiger partial charge in [0.1, 0.15) is 6.07 Å². The molecule has 0 atom stereocenters. The molecule has 108 valence electrons. The highest BCUT2D eigenvalue weighted by Gasteiger charge is 2.13. The zero-order valence-electron chi connectivity index (χ0n) is 11.9. The Hall–Kier alpha value is -3.13. The van der Waals surface area contributed by atoms with Gasteiger partial charge in [0.25, 0.3) is 0 Å². The van der Waals surface area contributed by atoms with Crippen molar-refractivity contribution in [2.75, 3.05) is 11.9 Å². The maximum absolute atomic E-state index is 9.17. The highest BCUT2D eigenvalue weighted by atomic mass is 16.4. The average molecular weight is 290 g/mol. The standard InChI is InChI=1S/C17H14N4O/c18-12-15-17(20-11-9-14-8-4-5-10-19-14)22-16(21-15)13-6-2-1-3-7-13/h1-8,10,20H,9,11H2. The SMILES string of the molecule is N#Cc1nc(-c2ccccc2)oc1NCCc1ccccn1. The van der Waals surface area contributed by atoms with Crippen LogP contribution in [0.4, 0.5) is 5.88 Å². The van der Waals surface area contributed by atoms with Crippen LogP contribution < -0.4 is 5.32 Å². The summed E-state index contributed by atoms with van der Waals surface area (Å²) >= 11 is 0. The van der Waals surface area contributed by atoms with E-state index in [1.165, 1.54) is 0 Å². The highest BCUT2D eigenvalue weighted by Crippen LogP contribution is 2.24. The van der Waals surface area contributed by atoms with Crippen LogP contribution in [0.15, 0.2) is 59.1 Å². The lowest BCUT2D eigenvalue weighted by atomic mass is 10.2. The van der Waals surface area contributed by atoms with E-state index in [0.29, 0.717) is 18.3 Å². The fourth-order valence-electron chi connectivity index (χ4n) is 2.07. The Morgan fingerprint density at radius 1 is 1.09 bits per heavy atom. The molecule has 0 aliphatic carbocycles. The molecule has 5 nitrogen and oxygen atoms in total. The number of nitriles is 1. The molecule has 0 saturated heterocycles. The minimum Gasteiger partial charge on any atom is -0.419 e. The molecule has 0 saturated carbocycles. The van der Waals surface area contributed by atoms with Gasteiger partial charge in [-0.15, -0.1) is 0 Å². The van der Waals surface area contributed by atoms with Crippen molar-refractivity contribution in [1.29, 1.82) is 5.26 Å². The van der Waals surface area contributed by atoms with Crippen LogP contribution in [0.5, 0.6) is 0 Å². The molecule has 2 heterocycles. The summed E-state index contributed by atoms with van der Waals surface area (Å²) in [4.78, 5) is 8.47. The largest absolute Gasteiger partial charge is 0.419 e. The molecule has 0 amide bonds. The second-order valence-electron chi connectivity index (χ2n) is 4.67. The topological polar surface area (TPSA) is 74.7 Å². The van der Waals surface area contributed by atoms with Crippen molar-refractivity contribution in [3.8, 4) is 17.5 Å². The summed E-state index contributed by atoms with van der Waals surface area (Å²) in [6.07, 6.45) is 2.51. The maximum atomic E-state index is 9.17. The van der Waals surface area contributed by atoms with Gasteiger partial charge in [-0.3, -0.25) is 4.98 Å². The fraction of sp³-hybridized carbons (Fsp3) is 0.118. The summed E-state index contributed by atoms with van der Waals surface area (Å²) in [5.41, 5.74) is 2.09. The number of oxazole rings is 1. The number of pyridine rings is 1. The van der Waals surface area contributed by atoms with E-state index in [4.69, 9.17) is 4.42 Å². The van der Waals surface area contributed by atoms with Crippen LogP contribution in [-0.2, 0) is 6.42 Å². The second kappa shape index (κ2) is 6.55. The number of benzene rings is 1. The van der Waals surface area contributed by atoms with Gasteiger partial charge < -0.3 is 9.73 Å². The minimum absolute atomic E-state index is 0.264. The first-order chi connectivity index (χ1) is 10.9. The van der Waals surface area contributed by atoms with E-state index in [1.807, 2.05) is 48.5 Å². The summed E-state index contributed by atoms with van der Waals surface area (Å²) < 4.78 is 5.66. The summed E-state index contributed by atoms with van der Waals surface area (Å²) in [6.45, 7) is 0.620. The van der Waals surface area contributed by atoms with Crippen molar-refractivity contribution in [2.24, 2.45) is 0 Å². The Labute approximate surface area is 128 Å². The monoisotopic (exact) mass is 290 g/mol. The smallest absolute Gasteiger partial charge is 0.232 e. The van der Waals surface area contributed by atoms with Crippen LogP contribution in [0, 0.1) is 11.3 Å². The second-order valence-corrected chi connectivity index (χ2v) is 4.67. The molecule has 2 aromatic heterocycles. The lowest BCUT2D eigenvalue weighted by Gasteiger charge is -2.02. The molecular formula is C17H14N4O. The van der Waals surface area contributed by atoms with E-state index in [0.717, 1.165) is 17.7 Å². The summed E-state index contributed by atoms with van der Waals surface area (Å²) in [5, 5.41) is 12.3. The van der Waals surface area contributed by atoms with Gasteiger partial charge in [0.05, 0.1) is 0 Å². The Kier molecular flexibility index (Phi) is 4.12. The van der Waals surface area contributed by atoms with Crippen LogP contribution in [0.1, 0.15) is 11.4 Å². The normalized spacial score (nSPS) is 10.1. The van der Waals surface area contributed by atoms with Gasteiger partial charge in [-0.1, -0.05) is 24.3 Å². The molecule has 0 unspecified atom stereocenters. The van der Waals surface area contributed by atoms with Crippen molar-refractivity contribution in [3.63, 3.8) is 0 Å². The van der Waals surface area contributed by atoms with Crippen LogP contribution in [0.3, 0.4) is 0 Å². The maximum Gasteiger partial charge on any atom is 0.232 e. The van der Waals surface area contributed by atoms with Gasteiger partial charge in [0.15, 0.2) is 0 Å². The van der Waals surface area contributed by atoms with Gasteiger partial charge >= 0.3 is 0 Å². The van der Waals surface area contributed by atoms with Gasteiger partial charge in [0.2, 0.25) is 17.5 Å². The number of aromatic nitrogens is 2. The van der Waals surface area contributed by atoms with E-state index in [9.17, 15) is 5.26 Å². The summed E-state index contributed by atoms with van der Waals surface area (Å²) in [6, 6.07) is 17.4.